The van der Waals surface area contributed by atoms with Crippen LogP contribution in [-0.4, -0.2) is 39.5 Å². The van der Waals surface area contributed by atoms with Gasteiger partial charge in [-0.1, -0.05) is 53.2 Å². The standard InChI is InChI=1S/C29H31ClN4O4S2/c1-7-34-26(19(5)38-21-12-17(3)25(30)18(4)13-21)32-33-29(34)40-15-23(35)31-27-24(28(36)37-6)22(14-39-27)20-10-8-16(2)9-11-20/h8-14,19H,7,15H2,1-6H3,(H,31,35). The first-order chi connectivity index (χ1) is 19.1. The number of benzene rings is 2. The molecule has 0 bridgehead atoms. The van der Waals surface area contributed by atoms with Crippen LogP contribution in [0.1, 0.15) is 52.8 Å². The third kappa shape index (κ3) is 6.51. The molecule has 1 unspecified atom stereocenters. The average molecular weight is 599 g/mol. The molecule has 11 heteroatoms. The number of halogens is 1. The number of methoxy groups -OCH3 is 1. The third-order valence-electron chi connectivity index (χ3n) is 6.28. The quantitative estimate of drug-likeness (QED) is 0.152. The molecule has 0 aliphatic carbocycles. The van der Waals surface area contributed by atoms with Crippen LogP contribution in [0.2, 0.25) is 5.02 Å². The molecule has 1 atom stereocenters. The highest BCUT2D eigenvalue weighted by atomic mass is 35.5. The van der Waals surface area contributed by atoms with Gasteiger partial charge in [0.05, 0.1) is 12.9 Å². The Balaban J connectivity index is 1.46. The number of aryl methyl sites for hydroxylation is 3. The molecule has 210 valence electrons. The van der Waals surface area contributed by atoms with Crippen LogP contribution in [0.15, 0.2) is 46.9 Å². The van der Waals surface area contributed by atoms with Gasteiger partial charge in [-0.2, -0.15) is 0 Å². The maximum absolute atomic E-state index is 12.9. The van der Waals surface area contributed by atoms with Crippen molar-refractivity contribution in [3.63, 3.8) is 0 Å². The Kier molecular flexibility index (Phi) is 9.55. The molecule has 2 heterocycles. The van der Waals surface area contributed by atoms with Crippen LogP contribution < -0.4 is 10.1 Å². The molecule has 40 heavy (non-hydrogen) atoms. The van der Waals surface area contributed by atoms with Crippen molar-refractivity contribution >= 4 is 51.6 Å². The summed E-state index contributed by atoms with van der Waals surface area (Å²) in [5, 5.41) is 15.2. The van der Waals surface area contributed by atoms with Crippen molar-refractivity contribution in [1.29, 1.82) is 0 Å². The van der Waals surface area contributed by atoms with E-state index < -0.39 is 5.97 Å². The number of nitrogens with one attached hydrogen (secondary N) is 1. The molecule has 0 saturated heterocycles. The smallest absolute Gasteiger partial charge is 0.341 e. The molecular weight excluding hydrogens is 568 g/mol. The summed E-state index contributed by atoms with van der Waals surface area (Å²) in [6, 6.07) is 11.6. The number of nitrogens with zero attached hydrogens (tertiary/aromatic N) is 3. The fourth-order valence-electron chi connectivity index (χ4n) is 4.23. The van der Waals surface area contributed by atoms with E-state index in [4.69, 9.17) is 21.1 Å². The van der Waals surface area contributed by atoms with E-state index in [-0.39, 0.29) is 17.8 Å². The topological polar surface area (TPSA) is 95.3 Å². The molecule has 4 aromatic rings. The van der Waals surface area contributed by atoms with Crippen molar-refractivity contribution in [2.45, 2.75) is 52.4 Å². The molecule has 0 spiro atoms. The first-order valence-corrected chi connectivity index (χ1v) is 14.9. The van der Waals surface area contributed by atoms with Crippen LogP contribution in [0.25, 0.3) is 11.1 Å². The molecule has 8 nitrogen and oxygen atoms in total. The Labute approximate surface area is 247 Å². The summed E-state index contributed by atoms with van der Waals surface area (Å²) < 4.78 is 13.1. The number of hydrogen-bond donors (Lipinski definition) is 1. The third-order valence-corrected chi connectivity index (χ3v) is 8.73. The monoisotopic (exact) mass is 598 g/mol. The number of amides is 1. The summed E-state index contributed by atoms with van der Waals surface area (Å²) in [4.78, 5) is 25.6. The van der Waals surface area contributed by atoms with E-state index >= 15 is 0 Å². The lowest BCUT2D eigenvalue weighted by Crippen LogP contribution is -2.17. The summed E-state index contributed by atoms with van der Waals surface area (Å²) in [6.07, 6.45) is -0.371. The lowest BCUT2D eigenvalue weighted by Gasteiger charge is -2.17. The zero-order chi connectivity index (χ0) is 29.0. The Morgan fingerprint density at radius 1 is 1.12 bits per heavy atom. The molecular formula is C29H31ClN4O4S2. The van der Waals surface area contributed by atoms with Crippen molar-refractivity contribution < 1.29 is 19.1 Å². The van der Waals surface area contributed by atoms with Crippen LogP contribution in [0.3, 0.4) is 0 Å². The van der Waals surface area contributed by atoms with Crippen LogP contribution in [0.4, 0.5) is 5.00 Å². The van der Waals surface area contributed by atoms with Gasteiger partial charge in [-0.3, -0.25) is 4.79 Å². The first-order valence-electron chi connectivity index (χ1n) is 12.7. The van der Waals surface area contributed by atoms with E-state index in [9.17, 15) is 9.59 Å². The second-order valence-electron chi connectivity index (χ2n) is 9.26. The fraction of sp³-hybridized carbons (Fsp3) is 0.310. The van der Waals surface area contributed by atoms with Crippen LogP contribution in [0, 0.1) is 20.8 Å². The molecule has 1 N–H and O–H groups in total. The number of carbonyl (C=O) groups excluding carboxylic acids is 2. The second kappa shape index (κ2) is 12.9. The normalized spacial score (nSPS) is 11.8. The van der Waals surface area contributed by atoms with E-state index in [2.05, 4.69) is 15.5 Å². The first kappa shape index (κ1) is 29.6. The highest BCUT2D eigenvalue weighted by molar-refractivity contribution is 7.99. The predicted molar refractivity (Wildman–Crippen MR) is 161 cm³/mol. The van der Waals surface area contributed by atoms with Gasteiger partial charge in [0, 0.05) is 22.5 Å². The minimum Gasteiger partial charge on any atom is -0.483 e. The van der Waals surface area contributed by atoms with Gasteiger partial charge in [0.15, 0.2) is 17.1 Å². The Bertz CT molecular complexity index is 1510. The molecule has 0 saturated carbocycles. The Morgan fingerprint density at radius 2 is 1.80 bits per heavy atom. The fourth-order valence-corrected chi connectivity index (χ4v) is 6.12. The van der Waals surface area contributed by atoms with Crippen molar-refractivity contribution in [2.24, 2.45) is 0 Å². The molecule has 0 radical (unpaired) electrons. The molecule has 0 fully saturated rings. The van der Waals surface area contributed by atoms with E-state index in [0.717, 1.165) is 32.8 Å². The lowest BCUT2D eigenvalue weighted by molar-refractivity contribution is -0.113. The average Bonchev–Trinajstić information content (AvgIpc) is 3.54. The SMILES string of the molecule is CCn1c(SCC(=O)Nc2scc(-c3ccc(C)cc3)c2C(=O)OC)nnc1C(C)Oc1cc(C)c(Cl)c(C)c1. The number of hydrogen-bond acceptors (Lipinski definition) is 8. The van der Waals surface area contributed by atoms with Gasteiger partial charge in [-0.25, -0.2) is 4.79 Å². The van der Waals surface area contributed by atoms with Crippen LogP contribution in [0.5, 0.6) is 5.75 Å². The van der Waals surface area contributed by atoms with Gasteiger partial charge in [-0.05, 0) is 63.4 Å². The number of anilines is 1. The zero-order valence-corrected chi connectivity index (χ0v) is 25.6. The highest BCUT2D eigenvalue weighted by Crippen LogP contribution is 2.36. The summed E-state index contributed by atoms with van der Waals surface area (Å²) in [6.45, 7) is 10.4. The molecule has 4 rings (SSSR count). The van der Waals surface area contributed by atoms with Crippen molar-refractivity contribution in [1.82, 2.24) is 14.8 Å². The van der Waals surface area contributed by atoms with Crippen molar-refractivity contribution in [3.8, 4) is 16.9 Å². The van der Waals surface area contributed by atoms with Gasteiger partial charge in [-0.15, -0.1) is 21.5 Å². The molecule has 2 aromatic carbocycles. The molecule has 2 aromatic heterocycles. The maximum Gasteiger partial charge on any atom is 0.341 e. The van der Waals surface area contributed by atoms with Gasteiger partial charge >= 0.3 is 5.97 Å². The molecule has 1 amide bonds. The summed E-state index contributed by atoms with van der Waals surface area (Å²) >= 11 is 8.85. The lowest BCUT2D eigenvalue weighted by atomic mass is 10.0. The molecule has 0 aliphatic rings. The van der Waals surface area contributed by atoms with E-state index in [1.165, 1.54) is 30.2 Å². The number of thiophene rings is 1. The predicted octanol–water partition coefficient (Wildman–Crippen LogP) is 7.26. The van der Waals surface area contributed by atoms with Gasteiger partial charge in [0.2, 0.25) is 5.91 Å². The van der Waals surface area contributed by atoms with Gasteiger partial charge in [0.25, 0.3) is 0 Å². The van der Waals surface area contributed by atoms with Crippen molar-refractivity contribution in [3.05, 3.63) is 74.9 Å². The minimum atomic E-state index is -0.504. The van der Waals surface area contributed by atoms with E-state index in [0.29, 0.717) is 33.8 Å². The van der Waals surface area contributed by atoms with Gasteiger partial charge < -0.3 is 19.4 Å². The largest absolute Gasteiger partial charge is 0.483 e. The number of thioether (sulfide) groups is 1. The van der Waals surface area contributed by atoms with E-state index in [1.807, 2.05) is 81.0 Å². The van der Waals surface area contributed by atoms with E-state index in [1.54, 1.807) is 0 Å². The minimum absolute atomic E-state index is 0.0846. The summed E-state index contributed by atoms with van der Waals surface area (Å²) in [7, 11) is 1.33. The zero-order valence-electron chi connectivity index (χ0n) is 23.2. The number of carbonyl (C=O) groups is 2. The van der Waals surface area contributed by atoms with Crippen LogP contribution in [-0.2, 0) is 16.1 Å². The number of aromatic nitrogens is 3. The Hall–Kier alpha value is -3.34. The van der Waals surface area contributed by atoms with Crippen LogP contribution >= 0.6 is 34.7 Å². The van der Waals surface area contributed by atoms with Crippen molar-refractivity contribution in [2.75, 3.05) is 18.2 Å². The summed E-state index contributed by atoms with van der Waals surface area (Å²) in [5.41, 5.74) is 4.93. The highest BCUT2D eigenvalue weighted by Gasteiger charge is 2.24. The number of esters is 1. The maximum atomic E-state index is 12.9. The van der Waals surface area contributed by atoms with Gasteiger partial charge in [0.1, 0.15) is 16.3 Å². The number of rotatable bonds is 10. The molecule has 0 aliphatic heterocycles. The second-order valence-corrected chi connectivity index (χ2v) is 11.5. The Morgan fingerprint density at radius 3 is 2.42 bits per heavy atom. The summed E-state index contributed by atoms with van der Waals surface area (Å²) in [5.74, 6) is 0.672. The number of ether oxygens (including phenoxy) is 2.